The molecule has 4 aromatic rings. The summed E-state index contributed by atoms with van der Waals surface area (Å²) in [5, 5.41) is 2.54. The molecule has 1 fully saturated rings. The van der Waals surface area contributed by atoms with Crippen LogP contribution >= 0.6 is 0 Å². The zero-order valence-corrected chi connectivity index (χ0v) is 17.5. The number of furan rings is 1. The third-order valence-corrected chi connectivity index (χ3v) is 5.52. The summed E-state index contributed by atoms with van der Waals surface area (Å²) in [5.74, 6) is -0.0298. The molecular formula is C22H20N6O5. The molecule has 33 heavy (non-hydrogen) atoms. The van der Waals surface area contributed by atoms with Crippen LogP contribution in [0.1, 0.15) is 11.3 Å². The summed E-state index contributed by atoms with van der Waals surface area (Å²) in [5.41, 5.74) is -0.121. The summed E-state index contributed by atoms with van der Waals surface area (Å²) in [6.07, 6.45) is 2.99. The van der Waals surface area contributed by atoms with Gasteiger partial charge in [0.15, 0.2) is 11.2 Å². The van der Waals surface area contributed by atoms with Crippen molar-refractivity contribution in [3.8, 4) is 0 Å². The van der Waals surface area contributed by atoms with Crippen LogP contribution in [0.2, 0.25) is 0 Å². The Balaban J connectivity index is 1.64. The Kier molecular flexibility index (Phi) is 5.13. The van der Waals surface area contributed by atoms with Gasteiger partial charge in [-0.05, 0) is 17.7 Å². The van der Waals surface area contributed by atoms with Crippen molar-refractivity contribution in [2.45, 2.75) is 19.6 Å². The third kappa shape index (κ3) is 3.73. The van der Waals surface area contributed by atoms with Gasteiger partial charge in [0.05, 0.1) is 25.7 Å². The molecule has 0 atom stereocenters. The van der Waals surface area contributed by atoms with E-state index in [9.17, 15) is 19.2 Å². The second kappa shape index (κ2) is 8.26. The number of benzene rings is 1. The number of carbonyl (C=O) groups excluding carboxylic acids is 2. The van der Waals surface area contributed by atoms with Crippen LogP contribution in [0.4, 0.5) is 4.79 Å². The quantitative estimate of drug-likeness (QED) is 0.461. The summed E-state index contributed by atoms with van der Waals surface area (Å²) >= 11 is 0. The molecule has 1 saturated heterocycles. The van der Waals surface area contributed by atoms with Gasteiger partial charge < -0.3 is 14.3 Å². The SMILES string of the molecule is O=C(Cn1c(=O)c2c(ncn2Cc2ccco2)n(Cc2ccccc2)c1=O)N1CCNC1=O. The van der Waals surface area contributed by atoms with Crippen molar-refractivity contribution in [1.29, 1.82) is 0 Å². The Bertz CT molecular complexity index is 1450. The second-order valence-corrected chi connectivity index (χ2v) is 7.65. The predicted molar refractivity (Wildman–Crippen MR) is 117 cm³/mol. The maximum atomic E-state index is 13.4. The van der Waals surface area contributed by atoms with Gasteiger partial charge in [-0.3, -0.25) is 19.1 Å². The van der Waals surface area contributed by atoms with Crippen LogP contribution in [0.3, 0.4) is 0 Å². The number of fused-ring (bicyclic) bond motifs is 1. The van der Waals surface area contributed by atoms with Gasteiger partial charge in [0, 0.05) is 13.1 Å². The fraction of sp³-hybridized carbons (Fsp3) is 0.227. The number of carbonyl (C=O) groups is 2. The number of aromatic nitrogens is 4. The van der Waals surface area contributed by atoms with Crippen molar-refractivity contribution in [2.24, 2.45) is 0 Å². The summed E-state index contributed by atoms with van der Waals surface area (Å²) in [6.45, 7) is 0.342. The lowest BCUT2D eigenvalue weighted by atomic mass is 10.2. The van der Waals surface area contributed by atoms with Gasteiger partial charge in [-0.15, -0.1) is 0 Å². The smallest absolute Gasteiger partial charge is 0.333 e. The zero-order valence-electron chi connectivity index (χ0n) is 17.5. The number of hydrogen-bond donors (Lipinski definition) is 1. The first-order valence-corrected chi connectivity index (χ1v) is 10.4. The van der Waals surface area contributed by atoms with Crippen LogP contribution in [-0.2, 0) is 24.4 Å². The molecule has 4 heterocycles. The molecule has 0 aliphatic carbocycles. The molecule has 11 heteroatoms. The number of nitrogens with zero attached hydrogens (tertiary/aromatic N) is 5. The van der Waals surface area contributed by atoms with Crippen LogP contribution in [0.25, 0.3) is 11.2 Å². The standard InChI is InChI=1S/C22H20N6O5/c29-17(26-9-8-23-21(26)31)13-28-20(30)18-19(24-14-25(18)12-16-7-4-10-33-16)27(22(28)32)11-15-5-2-1-3-6-15/h1-7,10,14H,8-9,11-13H2,(H,23,31). The molecule has 0 saturated carbocycles. The van der Waals surface area contributed by atoms with Gasteiger partial charge in [0.2, 0.25) is 0 Å². The number of urea groups is 1. The first-order valence-electron chi connectivity index (χ1n) is 10.4. The number of amides is 3. The minimum Gasteiger partial charge on any atom is -0.467 e. The van der Waals surface area contributed by atoms with E-state index in [2.05, 4.69) is 10.3 Å². The van der Waals surface area contributed by atoms with E-state index in [0.29, 0.717) is 12.3 Å². The fourth-order valence-electron chi connectivity index (χ4n) is 3.91. The average molecular weight is 448 g/mol. The van der Waals surface area contributed by atoms with Crippen LogP contribution in [0.15, 0.2) is 69.1 Å². The summed E-state index contributed by atoms with van der Waals surface area (Å²) in [4.78, 5) is 56.7. The van der Waals surface area contributed by atoms with Gasteiger partial charge >= 0.3 is 11.7 Å². The minimum atomic E-state index is -0.674. The van der Waals surface area contributed by atoms with Crippen LogP contribution < -0.4 is 16.6 Å². The van der Waals surface area contributed by atoms with E-state index >= 15 is 0 Å². The molecular weight excluding hydrogens is 428 g/mol. The molecule has 11 nitrogen and oxygen atoms in total. The van der Waals surface area contributed by atoms with Gasteiger partial charge in [-0.2, -0.15) is 0 Å². The highest BCUT2D eigenvalue weighted by Gasteiger charge is 2.28. The molecule has 168 valence electrons. The molecule has 0 radical (unpaired) electrons. The van der Waals surface area contributed by atoms with E-state index in [-0.39, 0.29) is 30.8 Å². The first-order chi connectivity index (χ1) is 16.0. The molecule has 3 amide bonds. The third-order valence-electron chi connectivity index (χ3n) is 5.52. The lowest BCUT2D eigenvalue weighted by molar-refractivity contribution is -0.128. The van der Waals surface area contributed by atoms with Gasteiger partial charge in [-0.25, -0.2) is 19.1 Å². The van der Waals surface area contributed by atoms with E-state index in [1.165, 1.54) is 17.2 Å². The van der Waals surface area contributed by atoms with E-state index < -0.39 is 29.7 Å². The van der Waals surface area contributed by atoms with Gasteiger partial charge in [0.1, 0.15) is 12.3 Å². The fourth-order valence-corrected chi connectivity index (χ4v) is 3.91. The monoisotopic (exact) mass is 448 g/mol. The minimum absolute atomic E-state index is 0.159. The highest BCUT2D eigenvalue weighted by Crippen LogP contribution is 2.13. The number of rotatable bonds is 6. The molecule has 0 bridgehead atoms. The number of imide groups is 1. The Hall–Kier alpha value is -4.41. The number of hydrogen-bond acceptors (Lipinski definition) is 6. The molecule has 0 unspecified atom stereocenters. The van der Waals surface area contributed by atoms with Crippen molar-refractivity contribution in [2.75, 3.05) is 13.1 Å². The average Bonchev–Trinajstić information content (AvgIpc) is 3.57. The maximum absolute atomic E-state index is 13.4. The Labute approximate surface area is 186 Å². The lowest BCUT2D eigenvalue weighted by Crippen LogP contribution is -2.46. The van der Waals surface area contributed by atoms with Crippen molar-refractivity contribution in [1.82, 2.24) is 28.9 Å². The highest BCUT2D eigenvalue weighted by atomic mass is 16.3. The van der Waals surface area contributed by atoms with Crippen molar-refractivity contribution < 1.29 is 14.0 Å². The first kappa shape index (κ1) is 20.5. The lowest BCUT2D eigenvalue weighted by Gasteiger charge is -2.15. The predicted octanol–water partition coefficient (Wildman–Crippen LogP) is 0.601. The van der Waals surface area contributed by atoms with E-state index in [4.69, 9.17) is 4.42 Å². The van der Waals surface area contributed by atoms with Crippen LogP contribution in [-0.4, -0.2) is 48.6 Å². The molecule has 1 aliphatic heterocycles. The van der Waals surface area contributed by atoms with E-state index in [0.717, 1.165) is 15.0 Å². The van der Waals surface area contributed by atoms with Crippen molar-refractivity contribution in [3.05, 3.63) is 87.2 Å². The molecule has 5 rings (SSSR count). The second-order valence-electron chi connectivity index (χ2n) is 7.65. The molecule has 0 spiro atoms. The zero-order chi connectivity index (χ0) is 22.9. The van der Waals surface area contributed by atoms with E-state index in [1.54, 1.807) is 16.7 Å². The largest absolute Gasteiger partial charge is 0.467 e. The van der Waals surface area contributed by atoms with Crippen LogP contribution in [0.5, 0.6) is 0 Å². The summed E-state index contributed by atoms with van der Waals surface area (Å²) < 4.78 is 9.20. The van der Waals surface area contributed by atoms with Crippen molar-refractivity contribution >= 4 is 23.1 Å². The Morgan fingerprint density at radius 3 is 2.55 bits per heavy atom. The summed E-state index contributed by atoms with van der Waals surface area (Å²) in [6, 6.07) is 12.2. The van der Waals surface area contributed by atoms with Crippen molar-refractivity contribution in [3.63, 3.8) is 0 Å². The summed E-state index contributed by atoms with van der Waals surface area (Å²) in [7, 11) is 0. The van der Waals surface area contributed by atoms with Gasteiger partial charge in [0.25, 0.3) is 11.5 Å². The normalized spacial score (nSPS) is 13.6. The molecule has 3 aromatic heterocycles. The topological polar surface area (TPSA) is 124 Å². The Morgan fingerprint density at radius 2 is 1.85 bits per heavy atom. The highest BCUT2D eigenvalue weighted by molar-refractivity contribution is 5.95. The van der Waals surface area contributed by atoms with E-state index in [1.807, 2.05) is 30.3 Å². The molecule has 1 aliphatic rings. The molecule has 1 aromatic carbocycles. The number of imidazole rings is 1. The molecule has 1 N–H and O–H groups in total. The number of nitrogens with one attached hydrogen (secondary N) is 1. The Morgan fingerprint density at radius 1 is 1.03 bits per heavy atom. The van der Waals surface area contributed by atoms with Crippen LogP contribution in [0, 0.1) is 0 Å². The van der Waals surface area contributed by atoms with Gasteiger partial charge in [-0.1, -0.05) is 30.3 Å². The maximum Gasteiger partial charge on any atom is 0.333 e.